The highest BCUT2D eigenvalue weighted by atomic mass is 16.5. The lowest BCUT2D eigenvalue weighted by Gasteiger charge is -2.27. The number of rotatable bonds is 6. The van der Waals surface area contributed by atoms with E-state index in [1.54, 1.807) is 13.4 Å². The van der Waals surface area contributed by atoms with Crippen LogP contribution in [0.15, 0.2) is 36.7 Å². The molecule has 0 aliphatic carbocycles. The zero-order valence-corrected chi connectivity index (χ0v) is 13.4. The number of nitrogens with zero attached hydrogens (tertiary/aromatic N) is 3. The van der Waals surface area contributed by atoms with E-state index in [4.69, 9.17) is 9.47 Å². The van der Waals surface area contributed by atoms with Gasteiger partial charge in [-0.05, 0) is 18.1 Å². The number of morpholine rings is 1. The summed E-state index contributed by atoms with van der Waals surface area (Å²) in [6.45, 7) is 4.04. The molecule has 1 aromatic heterocycles. The number of hydrogen-bond acceptors (Lipinski definition) is 6. The third-order valence-corrected chi connectivity index (χ3v) is 3.88. The third-order valence-electron chi connectivity index (χ3n) is 3.88. The van der Waals surface area contributed by atoms with Gasteiger partial charge in [-0.2, -0.15) is 0 Å². The van der Waals surface area contributed by atoms with Crippen molar-refractivity contribution in [2.24, 2.45) is 0 Å². The molecule has 0 unspecified atom stereocenters. The zero-order valence-electron chi connectivity index (χ0n) is 13.4. The Hall–Kier alpha value is -2.34. The van der Waals surface area contributed by atoms with Gasteiger partial charge in [0.15, 0.2) is 0 Å². The van der Waals surface area contributed by atoms with E-state index in [0.29, 0.717) is 0 Å². The first-order chi connectivity index (χ1) is 11.4. The van der Waals surface area contributed by atoms with Gasteiger partial charge in [0.2, 0.25) is 0 Å². The van der Waals surface area contributed by atoms with Crippen LogP contribution >= 0.6 is 0 Å². The Morgan fingerprint density at radius 2 is 2.04 bits per heavy atom. The minimum atomic E-state index is 0.751. The van der Waals surface area contributed by atoms with Gasteiger partial charge in [-0.15, -0.1) is 0 Å². The molecular weight excluding hydrogens is 292 g/mol. The lowest BCUT2D eigenvalue weighted by Crippen LogP contribution is -2.36. The van der Waals surface area contributed by atoms with E-state index < -0.39 is 0 Å². The van der Waals surface area contributed by atoms with E-state index in [2.05, 4.69) is 26.3 Å². The van der Waals surface area contributed by atoms with Crippen LogP contribution in [0.25, 0.3) is 0 Å². The standard InChI is InChI=1S/C17H22N4O2/c1-22-15-5-3-2-4-14(15)6-7-18-16-12-17(20-13-19-16)21-8-10-23-11-9-21/h2-5,12-13H,6-11H2,1H3,(H,18,19,20). The molecule has 1 saturated heterocycles. The third kappa shape index (κ3) is 4.10. The second kappa shape index (κ2) is 7.78. The average Bonchev–Trinajstić information content (AvgIpc) is 2.63. The van der Waals surface area contributed by atoms with E-state index >= 15 is 0 Å². The second-order valence-corrected chi connectivity index (χ2v) is 5.35. The highest BCUT2D eigenvalue weighted by Gasteiger charge is 2.12. The molecule has 2 heterocycles. The molecule has 1 aromatic carbocycles. The van der Waals surface area contributed by atoms with Gasteiger partial charge < -0.3 is 19.7 Å². The van der Waals surface area contributed by atoms with Gasteiger partial charge in [-0.1, -0.05) is 18.2 Å². The smallest absolute Gasteiger partial charge is 0.134 e. The molecule has 0 amide bonds. The number of para-hydroxylation sites is 1. The van der Waals surface area contributed by atoms with E-state index in [0.717, 1.165) is 56.7 Å². The van der Waals surface area contributed by atoms with Crippen molar-refractivity contribution in [3.8, 4) is 5.75 Å². The highest BCUT2D eigenvalue weighted by molar-refractivity contribution is 5.48. The molecule has 1 N–H and O–H groups in total. The maximum atomic E-state index is 5.37. The molecule has 0 atom stereocenters. The van der Waals surface area contributed by atoms with Crippen molar-refractivity contribution in [1.82, 2.24) is 9.97 Å². The van der Waals surface area contributed by atoms with Gasteiger partial charge in [0.1, 0.15) is 23.7 Å². The van der Waals surface area contributed by atoms with E-state index in [-0.39, 0.29) is 0 Å². The van der Waals surface area contributed by atoms with Crippen molar-refractivity contribution in [3.63, 3.8) is 0 Å². The first kappa shape index (κ1) is 15.6. The van der Waals surface area contributed by atoms with E-state index in [1.807, 2.05) is 24.3 Å². The Morgan fingerprint density at radius 3 is 2.87 bits per heavy atom. The molecule has 1 fully saturated rings. The molecule has 0 radical (unpaired) electrons. The van der Waals surface area contributed by atoms with Crippen LogP contribution in [-0.4, -0.2) is 49.9 Å². The van der Waals surface area contributed by atoms with Crippen LogP contribution in [-0.2, 0) is 11.2 Å². The molecule has 2 aromatic rings. The Balaban J connectivity index is 1.58. The van der Waals surface area contributed by atoms with Crippen molar-refractivity contribution >= 4 is 11.6 Å². The van der Waals surface area contributed by atoms with Gasteiger partial charge in [0.25, 0.3) is 0 Å². The summed E-state index contributed by atoms with van der Waals surface area (Å²) in [4.78, 5) is 10.9. The molecule has 6 heteroatoms. The van der Waals surface area contributed by atoms with Crippen LogP contribution in [0.2, 0.25) is 0 Å². The zero-order chi connectivity index (χ0) is 15.9. The number of ether oxygens (including phenoxy) is 2. The van der Waals surface area contributed by atoms with Gasteiger partial charge in [0, 0.05) is 25.7 Å². The molecule has 122 valence electrons. The second-order valence-electron chi connectivity index (χ2n) is 5.35. The van der Waals surface area contributed by atoms with Crippen molar-refractivity contribution in [2.45, 2.75) is 6.42 Å². The average molecular weight is 314 g/mol. The summed E-state index contributed by atoms with van der Waals surface area (Å²) in [6, 6.07) is 10.1. The molecule has 3 rings (SSSR count). The number of hydrogen-bond donors (Lipinski definition) is 1. The molecule has 1 aliphatic rings. The van der Waals surface area contributed by atoms with Crippen LogP contribution in [0.5, 0.6) is 5.75 Å². The summed E-state index contributed by atoms with van der Waals surface area (Å²) in [6.07, 6.45) is 2.48. The first-order valence-electron chi connectivity index (χ1n) is 7.87. The van der Waals surface area contributed by atoms with Crippen LogP contribution in [0.1, 0.15) is 5.56 Å². The van der Waals surface area contributed by atoms with Crippen LogP contribution in [0, 0.1) is 0 Å². The summed E-state index contributed by atoms with van der Waals surface area (Å²) in [5.41, 5.74) is 1.19. The highest BCUT2D eigenvalue weighted by Crippen LogP contribution is 2.19. The van der Waals surface area contributed by atoms with Crippen molar-refractivity contribution in [3.05, 3.63) is 42.2 Å². The molecule has 0 spiro atoms. The number of methoxy groups -OCH3 is 1. The minimum absolute atomic E-state index is 0.751. The quantitative estimate of drug-likeness (QED) is 0.880. The molecule has 0 saturated carbocycles. The monoisotopic (exact) mass is 314 g/mol. The van der Waals surface area contributed by atoms with E-state index in [1.165, 1.54) is 5.56 Å². The normalized spacial score (nSPS) is 14.6. The Bertz CT molecular complexity index is 629. The minimum Gasteiger partial charge on any atom is -0.496 e. The van der Waals surface area contributed by atoms with Gasteiger partial charge in [-0.25, -0.2) is 9.97 Å². The Kier molecular flexibility index (Phi) is 5.26. The first-order valence-corrected chi connectivity index (χ1v) is 7.87. The summed E-state index contributed by atoms with van der Waals surface area (Å²) in [5.74, 6) is 2.71. The largest absolute Gasteiger partial charge is 0.496 e. The summed E-state index contributed by atoms with van der Waals surface area (Å²) >= 11 is 0. The van der Waals surface area contributed by atoms with Crippen LogP contribution in [0.3, 0.4) is 0 Å². The SMILES string of the molecule is COc1ccccc1CCNc1cc(N2CCOCC2)ncn1. The fourth-order valence-corrected chi connectivity index (χ4v) is 2.64. The Labute approximate surface area is 136 Å². The van der Waals surface area contributed by atoms with Crippen LogP contribution in [0.4, 0.5) is 11.6 Å². The molecule has 0 bridgehead atoms. The molecule has 6 nitrogen and oxygen atoms in total. The summed E-state index contributed by atoms with van der Waals surface area (Å²) < 4.78 is 10.7. The van der Waals surface area contributed by atoms with Gasteiger partial charge >= 0.3 is 0 Å². The number of aromatic nitrogens is 2. The van der Waals surface area contributed by atoms with Gasteiger partial charge in [-0.3, -0.25) is 0 Å². The van der Waals surface area contributed by atoms with Crippen molar-refractivity contribution in [1.29, 1.82) is 0 Å². The fourth-order valence-electron chi connectivity index (χ4n) is 2.64. The summed E-state index contributed by atoms with van der Waals surface area (Å²) in [7, 11) is 1.70. The van der Waals surface area contributed by atoms with Crippen molar-refractivity contribution < 1.29 is 9.47 Å². The lowest BCUT2D eigenvalue weighted by atomic mass is 10.1. The maximum absolute atomic E-state index is 5.37. The van der Waals surface area contributed by atoms with Crippen LogP contribution < -0.4 is 15.0 Å². The number of anilines is 2. The number of nitrogens with one attached hydrogen (secondary N) is 1. The molecule has 1 aliphatic heterocycles. The lowest BCUT2D eigenvalue weighted by molar-refractivity contribution is 0.122. The number of benzene rings is 1. The Morgan fingerprint density at radius 1 is 1.22 bits per heavy atom. The topological polar surface area (TPSA) is 59.5 Å². The van der Waals surface area contributed by atoms with Gasteiger partial charge in [0.05, 0.1) is 20.3 Å². The fraction of sp³-hybridized carbons (Fsp3) is 0.412. The van der Waals surface area contributed by atoms with E-state index in [9.17, 15) is 0 Å². The predicted molar refractivity (Wildman–Crippen MR) is 90.3 cm³/mol. The summed E-state index contributed by atoms with van der Waals surface area (Å²) in [5, 5.41) is 3.36. The maximum Gasteiger partial charge on any atom is 0.134 e. The molecule has 23 heavy (non-hydrogen) atoms. The molecular formula is C17H22N4O2. The van der Waals surface area contributed by atoms with Crippen molar-refractivity contribution in [2.75, 3.05) is 50.2 Å². The predicted octanol–water partition coefficient (Wildman–Crippen LogP) is 1.98.